The number of imidazole rings is 1. The minimum atomic E-state index is 0.208. The van der Waals surface area contributed by atoms with Crippen LogP contribution in [0.15, 0.2) is 18.2 Å². The van der Waals surface area contributed by atoms with Gasteiger partial charge < -0.3 is 10.3 Å². The second-order valence-corrected chi connectivity index (χ2v) is 6.75. The smallest absolute Gasteiger partial charge is 0.201 e. The van der Waals surface area contributed by atoms with Gasteiger partial charge in [0, 0.05) is 11.6 Å². The summed E-state index contributed by atoms with van der Waals surface area (Å²) in [5.74, 6) is 0.575. The van der Waals surface area contributed by atoms with Gasteiger partial charge in [-0.3, -0.25) is 0 Å². The third-order valence-electron chi connectivity index (χ3n) is 3.78. The van der Waals surface area contributed by atoms with Crippen LogP contribution in [-0.2, 0) is 6.54 Å². The Morgan fingerprint density at radius 3 is 2.75 bits per heavy atom. The van der Waals surface area contributed by atoms with Gasteiger partial charge in [-0.1, -0.05) is 51.6 Å². The number of rotatable bonds is 6. The predicted molar refractivity (Wildman–Crippen MR) is 87.1 cm³/mol. The number of unbranched alkanes of at least 4 members (excludes halogenated alkanes) is 2. The minimum absolute atomic E-state index is 0.208. The van der Waals surface area contributed by atoms with Crippen molar-refractivity contribution in [2.75, 3.05) is 5.73 Å². The average molecular weight is 294 g/mol. The SMILES string of the molecule is CCCCCC(C)(C)Cn1c(N)nc2ccc(Cl)cc21. The summed E-state index contributed by atoms with van der Waals surface area (Å²) in [6.45, 7) is 7.69. The van der Waals surface area contributed by atoms with Gasteiger partial charge in [0.05, 0.1) is 11.0 Å². The lowest BCUT2D eigenvalue weighted by atomic mass is 9.86. The van der Waals surface area contributed by atoms with E-state index in [9.17, 15) is 0 Å². The largest absolute Gasteiger partial charge is 0.369 e. The zero-order valence-electron chi connectivity index (χ0n) is 12.6. The van der Waals surface area contributed by atoms with Gasteiger partial charge in [-0.15, -0.1) is 0 Å². The Hall–Kier alpha value is -1.22. The molecule has 0 saturated heterocycles. The van der Waals surface area contributed by atoms with Crippen LogP contribution in [-0.4, -0.2) is 9.55 Å². The number of aromatic nitrogens is 2. The highest BCUT2D eigenvalue weighted by Crippen LogP contribution is 2.30. The topological polar surface area (TPSA) is 43.8 Å². The fourth-order valence-electron chi connectivity index (χ4n) is 2.64. The number of hydrogen-bond acceptors (Lipinski definition) is 2. The van der Waals surface area contributed by atoms with Crippen molar-refractivity contribution in [2.45, 2.75) is 53.0 Å². The molecule has 0 bridgehead atoms. The summed E-state index contributed by atoms with van der Waals surface area (Å²) in [5.41, 5.74) is 8.22. The van der Waals surface area contributed by atoms with Crippen molar-refractivity contribution in [2.24, 2.45) is 5.41 Å². The number of nitrogens with two attached hydrogens (primary N) is 1. The van der Waals surface area contributed by atoms with Crippen LogP contribution < -0.4 is 5.73 Å². The highest BCUT2D eigenvalue weighted by molar-refractivity contribution is 6.31. The summed E-state index contributed by atoms with van der Waals surface area (Å²) in [4.78, 5) is 4.42. The number of anilines is 1. The van der Waals surface area contributed by atoms with E-state index < -0.39 is 0 Å². The first-order valence-electron chi connectivity index (χ1n) is 7.34. The molecule has 0 fully saturated rings. The molecule has 4 heteroatoms. The molecular weight excluding hydrogens is 270 g/mol. The maximum atomic E-state index is 6.09. The van der Waals surface area contributed by atoms with Crippen LogP contribution in [0.2, 0.25) is 5.02 Å². The Bertz CT molecular complexity index is 587. The maximum Gasteiger partial charge on any atom is 0.201 e. The van der Waals surface area contributed by atoms with Crippen LogP contribution in [0.5, 0.6) is 0 Å². The van der Waals surface area contributed by atoms with Crippen LogP contribution >= 0.6 is 11.6 Å². The fourth-order valence-corrected chi connectivity index (χ4v) is 2.81. The van der Waals surface area contributed by atoms with E-state index in [2.05, 4.69) is 30.3 Å². The van der Waals surface area contributed by atoms with Crippen molar-refractivity contribution in [3.63, 3.8) is 0 Å². The van der Waals surface area contributed by atoms with Gasteiger partial charge in [0.15, 0.2) is 0 Å². The van der Waals surface area contributed by atoms with Crippen LogP contribution in [0.1, 0.15) is 46.5 Å². The van der Waals surface area contributed by atoms with E-state index in [4.69, 9.17) is 17.3 Å². The summed E-state index contributed by atoms with van der Waals surface area (Å²) in [6.07, 6.45) is 4.99. The van der Waals surface area contributed by atoms with E-state index in [0.717, 1.165) is 22.6 Å². The van der Waals surface area contributed by atoms with E-state index in [1.54, 1.807) is 0 Å². The Morgan fingerprint density at radius 1 is 1.30 bits per heavy atom. The first-order valence-corrected chi connectivity index (χ1v) is 7.72. The standard InChI is InChI=1S/C16H24ClN3/c1-4-5-6-9-16(2,3)11-20-14-10-12(17)7-8-13(14)19-15(20)18/h7-8,10H,4-6,9,11H2,1-3H3,(H2,18,19). The minimum Gasteiger partial charge on any atom is -0.369 e. The van der Waals surface area contributed by atoms with Gasteiger partial charge in [0.2, 0.25) is 5.95 Å². The zero-order valence-corrected chi connectivity index (χ0v) is 13.4. The molecule has 2 N–H and O–H groups in total. The molecule has 0 spiro atoms. The maximum absolute atomic E-state index is 6.09. The van der Waals surface area contributed by atoms with Gasteiger partial charge in [0.25, 0.3) is 0 Å². The molecule has 1 aromatic heterocycles. The molecule has 1 heterocycles. The van der Waals surface area contributed by atoms with Crippen molar-refractivity contribution in [3.05, 3.63) is 23.2 Å². The molecule has 0 amide bonds. The molecule has 1 aromatic carbocycles. The van der Waals surface area contributed by atoms with Crippen molar-refractivity contribution in [1.82, 2.24) is 9.55 Å². The molecule has 0 radical (unpaired) electrons. The number of nitrogens with zero attached hydrogens (tertiary/aromatic N) is 2. The van der Waals surface area contributed by atoms with Gasteiger partial charge in [-0.2, -0.15) is 0 Å². The monoisotopic (exact) mass is 293 g/mol. The van der Waals surface area contributed by atoms with E-state index in [1.807, 2.05) is 18.2 Å². The molecule has 3 nitrogen and oxygen atoms in total. The van der Waals surface area contributed by atoms with Crippen LogP contribution in [0, 0.1) is 5.41 Å². The molecule has 0 aliphatic heterocycles. The highest BCUT2D eigenvalue weighted by atomic mass is 35.5. The Labute approximate surface area is 126 Å². The van der Waals surface area contributed by atoms with E-state index >= 15 is 0 Å². The summed E-state index contributed by atoms with van der Waals surface area (Å²) in [5, 5.41) is 0.724. The lowest BCUT2D eigenvalue weighted by molar-refractivity contribution is 0.276. The molecule has 110 valence electrons. The number of halogens is 1. The second-order valence-electron chi connectivity index (χ2n) is 6.31. The first kappa shape index (κ1) is 15.2. The van der Waals surface area contributed by atoms with Crippen LogP contribution in [0.3, 0.4) is 0 Å². The number of hydrogen-bond donors (Lipinski definition) is 1. The van der Waals surface area contributed by atoms with Crippen LogP contribution in [0.25, 0.3) is 11.0 Å². The summed E-state index contributed by atoms with van der Waals surface area (Å²) in [7, 11) is 0. The van der Waals surface area contributed by atoms with E-state index in [0.29, 0.717) is 5.95 Å². The lowest BCUT2D eigenvalue weighted by Crippen LogP contribution is -2.20. The Kier molecular flexibility index (Phi) is 4.59. The van der Waals surface area contributed by atoms with Gasteiger partial charge in [0.1, 0.15) is 0 Å². The molecule has 0 aliphatic rings. The molecule has 0 unspecified atom stereocenters. The molecule has 0 saturated carbocycles. The fraction of sp³-hybridized carbons (Fsp3) is 0.562. The molecule has 0 aliphatic carbocycles. The lowest BCUT2D eigenvalue weighted by Gasteiger charge is -2.26. The summed E-state index contributed by atoms with van der Waals surface area (Å²) >= 11 is 6.09. The number of benzene rings is 1. The highest BCUT2D eigenvalue weighted by Gasteiger charge is 2.21. The van der Waals surface area contributed by atoms with Crippen molar-refractivity contribution in [1.29, 1.82) is 0 Å². The first-order chi connectivity index (χ1) is 9.43. The molecule has 2 aromatic rings. The molecule has 2 rings (SSSR count). The molecular formula is C16H24ClN3. The molecule has 0 atom stereocenters. The normalized spacial score (nSPS) is 12.2. The van der Waals surface area contributed by atoms with Crippen molar-refractivity contribution in [3.8, 4) is 0 Å². The summed E-state index contributed by atoms with van der Waals surface area (Å²) in [6, 6.07) is 5.73. The molecule has 20 heavy (non-hydrogen) atoms. The summed E-state index contributed by atoms with van der Waals surface area (Å²) < 4.78 is 2.09. The van der Waals surface area contributed by atoms with E-state index in [1.165, 1.54) is 25.7 Å². The van der Waals surface area contributed by atoms with Crippen LogP contribution in [0.4, 0.5) is 5.95 Å². The quantitative estimate of drug-likeness (QED) is 0.772. The number of nitrogen functional groups attached to an aromatic ring is 1. The van der Waals surface area contributed by atoms with Gasteiger partial charge in [-0.05, 0) is 30.0 Å². The Balaban J connectivity index is 2.24. The number of fused-ring (bicyclic) bond motifs is 1. The third kappa shape index (κ3) is 3.45. The zero-order chi connectivity index (χ0) is 14.8. The van der Waals surface area contributed by atoms with Crippen molar-refractivity contribution >= 4 is 28.6 Å². The van der Waals surface area contributed by atoms with Crippen molar-refractivity contribution < 1.29 is 0 Å². The second kappa shape index (κ2) is 6.04. The van der Waals surface area contributed by atoms with Gasteiger partial charge in [-0.25, -0.2) is 4.98 Å². The average Bonchev–Trinajstić information content (AvgIpc) is 2.66. The van der Waals surface area contributed by atoms with E-state index in [-0.39, 0.29) is 5.41 Å². The Morgan fingerprint density at radius 2 is 2.05 bits per heavy atom. The van der Waals surface area contributed by atoms with Gasteiger partial charge >= 0.3 is 0 Å². The third-order valence-corrected chi connectivity index (χ3v) is 4.02. The predicted octanol–water partition coefficient (Wildman–Crippen LogP) is 4.88.